The number of aromatic nitrogens is 2. The maximum absolute atomic E-state index is 13.0. The number of benzene rings is 1. The summed E-state index contributed by atoms with van der Waals surface area (Å²) < 4.78 is 11.7. The molecule has 6 nitrogen and oxygen atoms in total. The van der Waals surface area contributed by atoms with Crippen LogP contribution in [0.1, 0.15) is 30.1 Å². The van der Waals surface area contributed by atoms with E-state index >= 15 is 0 Å². The van der Waals surface area contributed by atoms with Crippen LogP contribution in [0.25, 0.3) is 0 Å². The standard InChI is InChI=1S/C19H21N3O3/c23-19(18-16-6-2-1-4-14(16)7-11-24-18)22-10-3-5-15(13-22)25-17-12-20-8-9-21-17/h1-2,4,6,8-9,12,15,18H,3,5,7,10-11,13H2/t15-,18+/m1/s1. The number of nitrogens with zero attached hydrogens (tertiary/aromatic N) is 3. The summed E-state index contributed by atoms with van der Waals surface area (Å²) in [5, 5.41) is 0. The minimum absolute atomic E-state index is 0.0274. The van der Waals surface area contributed by atoms with E-state index in [1.165, 1.54) is 5.56 Å². The Labute approximate surface area is 146 Å². The first-order valence-electron chi connectivity index (χ1n) is 8.72. The Hall–Kier alpha value is -2.47. The van der Waals surface area contributed by atoms with E-state index in [9.17, 15) is 4.79 Å². The molecule has 0 N–H and O–H groups in total. The van der Waals surface area contributed by atoms with Crippen molar-refractivity contribution in [3.05, 3.63) is 54.0 Å². The molecule has 2 aliphatic heterocycles. The van der Waals surface area contributed by atoms with Crippen molar-refractivity contribution in [2.75, 3.05) is 19.7 Å². The van der Waals surface area contributed by atoms with Gasteiger partial charge in [0.25, 0.3) is 5.91 Å². The molecular formula is C19H21N3O3. The van der Waals surface area contributed by atoms with Gasteiger partial charge in [0.05, 0.1) is 19.3 Å². The molecule has 1 aromatic heterocycles. The third-order valence-corrected chi connectivity index (χ3v) is 4.73. The van der Waals surface area contributed by atoms with Gasteiger partial charge >= 0.3 is 0 Å². The fraction of sp³-hybridized carbons (Fsp3) is 0.421. The van der Waals surface area contributed by atoms with Gasteiger partial charge in [-0.3, -0.25) is 9.78 Å². The van der Waals surface area contributed by atoms with E-state index in [4.69, 9.17) is 9.47 Å². The van der Waals surface area contributed by atoms with Crippen LogP contribution in [0.15, 0.2) is 42.9 Å². The molecule has 25 heavy (non-hydrogen) atoms. The summed E-state index contributed by atoms with van der Waals surface area (Å²) in [6.45, 7) is 1.87. The molecule has 1 aromatic carbocycles. The first-order valence-corrected chi connectivity index (χ1v) is 8.72. The molecule has 0 aliphatic carbocycles. The average Bonchev–Trinajstić information content (AvgIpc) is 2.68. The van der Waals surface area contributed by atoms with Crippen LogP contribution in [0.4, 0.5) is 0 Å². The zero-order valence-corrected chi connectivity index (χ0v) is 14.0. The fourth-order valence-corrected chi connectivity index (χ4v) is 3.52. The maximum Gasteiger partial charge on any atom is 0.256 e. The van der Waals surface area contributed by atoms with Crippen molar-refractivity contribution < 1.29 is 14.3 Å². The Kier molecular flexibility index (Phi) is 4.61. The van der Waals surface area contributed by atoms with Crippen molar-refractivity contribution in [3.8, 4) is 5.88 Å². The number of fused-ring (bicyclic) bond motifs is 1. The smallest absolute Gasteiger partial charge is 0.256 e. The predicted molar refractivity (Wildman–Crippen MR) is 91.1 cm³/mol. The summed E-state index contributed by atoms with van der Waals surface area (Å²) in [6.07, 6.45) is 6.93. The molecule has 4 rings (SSSR count). The van der Waals surface area contributed by atoms with E-state index in [0.29, 0.717) is 19.0 Å². The number of piperidine rings is 1. The highest BCUT2D eigenvalue weighted by Gasteiger charge is 2.33. The molecule has 0 bridgehead atoms. The predicted octanol–water partition coefficient (Wildman–Crippen LogP) is 2.16. The number of rotatable bonds is 3. The zero-order valence-electron chi connectivity index (χ0n) is 14.0. The molecule has 0 spiro atoms. The number of amides is 1. The van der Waals surface area contributed by atoms with Gasteiger partial charge in [-0.05, 0) is 30.4 Å². The normalized spacial score (nSPS) is 23.0. The van der Waals surface area contributed by atoms with Gasteiger partial charge in [0.1, 0.15) is 6.10 Å². The lowest BCUT2D eigenvalue weighted by atomic mass is 9.96. The van der Waals surface area contributed by atoms with E-state index in [1.54, 1.807) is 18.6 Å². The van der Waals surface area contributed by atoms with Crippen molar-refractivity contribution in [1.29, 1.82) is 0 Å². The van der Waals surface area contributed by atoms with Gasteiger partial charge in [-0.1, -0.05) is 24.3 Å². The molecule has 0 radical (unpaired) electrons. The molecule has 130 valence electrons. The molecule has 3 heterocycles. The molecule has 2 aliphatic rings. The minimum Gasteiger partial charge on any atom is -0.471 e. The lowest BCUT2D eigenvalue weighted by Crippen LogP contribution is -2.47. The van der Waals surface area contributed by atoms with E-state index in [1.807, 2.05) is 23.1 Å². The van der Waals surface area contributed by atoms with Gasteiger partial charge in [-0.25, -0.2) is 4.98 Å². The summed E-state index contributed by atoms with van der Waals surface area (Å²) in [5.74, 6) is 0.528. The Morgan fingerprint density at radius 1 is 1.28 bits per heavy atom. The van der Waals surface area contributed by atoms with Gasteiger partial charge in [0.2, 0.25) is 5.88 Å². The molecule has 0 saturated carbocycles. The highest BCUT2D eigenvalue weighted by molar-refractivity contribution is 5.83. The van der Waals surface area contributed by atoms with Crippen LogP contribution in [0.3, 0.4) is 0 Å². The molecule has 6 heteroatoms. The van der Waals surface area contributed by atoms with Crippen LogP contribution in [0, 0.1) is 0 Å². The molecule has 2 aromatic rings. The Balaban J connectivity index is 1.46. The second kappa shape index (κ2) is 7.19. The first-order chi connectivity index (χ1) is 12.3. The van der Waals surface area contributed by atoms with Crippen molar-refractivity contribution in [1.82, 2.24) is 14.9 Å². The van der Waals surface area contributed by atoms with Gasteiger partial charge in [-0.15, -0.1) is 0 Å². The zero-order chi connectivity index (χ0) is 17.1. The van der Waals surface area contributed by atoms with E-state index in [-0.39, 0.29) is 12.0 Å². The number of carbonyl (C=O) groups is 1. The van der Waals surface area contributed by atoms with E-state index in [0.717, 1.165) is 31.4 Å². The van der Waals surface area contributed by atoms with Gasteiger partial charge < -0.3 is 14.4 Å². The lowest BCUT2D eigenvalue weighted by Gasteiger charge is -2.36. The summed E-state index contributed by atoms with van der Waals surface area (Å²) in [7, 11) is 0. The third kappa shape index (κ3) is 3.49. The highest BCUT2D eigenvalue weighted by atomic mass is 16.5. The summed E-state index contributed by atoms with van der Waals surface area (Å²) in [5.41, 5.74) is 2.20. The molecular weight excluding hydrogens is 318 g/mol. The average molecular weight is 339 g/mol. The quantitative estimate of drug-likeness (QED) is 0.857. The number of hydrogen-bond donors (Lipinski definition) is 0. The highest BCUT2D eigenvalue weighted by Crippen LogP contribution is 2.29. The molecule has 1 fully saturated rings. The van der Waals surface area contributed by atoms with Crippen molar-refractivity contribution >= 4 is 5.91 Å². The number of carbonyl (C=O) groups excluding carboxylic acids is 1. The third-order valence-electron chi connectivity index (χ3n) is 4.73. The topological polar surface area (TPSA) is 64.5 Å². The fourth-order valence-electron chi connectivity index (χ4n) is 3.52. The number of ether oxygens (including phenoxy) is 2. The lowest BCUT2D eigenvalue weighted by molar-refractivity contribution is -0.147. The van der Waals surface area contributed by atoms with Crippen LogP contribution in [0.2, 0.25) is 0 Å². The SMILES string of the molecule is O=C([C@H]1OCCc2ccccc21)N1CCC[C@@H](Oc2cnccn2)C1. The second-order valence-corrected chi connectivity index (χ2v) is 6.41. The van der Waals surface area contributed by atoms with E-state index < -0.39 is 6.10 Å². The summed E-state index contributed by atoms with van der Waals surface area (Å²) in [4.78, 5) is 23.1. The van der Waals surface area contributed by atoms with Gasteiger partial charge in [-0.2, -0.15) is 0 Å². The van der Waals surface area contributed by atoms with Crippen LogP contribution >= 0.6 is 0 Å². The Bertz CT molecular complexity index is 738. The van der Waals surface area contributed by atoms with E-state index in [2.05, 4.69) is 16.0 Å². The first kappa shape index (κ1) is 16.0. The number of hydrogen-bond acceptors (Lipinski definition) is 5. The van der Waals surface area contributed by atoms with Crippen molar-refractivity contribution in [3.63, 3.8) is 0 Å². The molecule has 0 unspecified atom stereocenters. The molecule has 2 atom stereocenters. The maximum atomic E-state index is 13.0. The Morgan fingerprint density at radius 3 is 3.08 bits per heavy atom. The van der Waals surface area contributed by atoms with Crippen LogP contribution in [0.5, 0.6) is 5.88 Å². The number of likely N-dealkylation sites (tertiary alicyclic amines) is 1. The van der Waals surface area contributed by atoms with Crippen molar-refractivity contribution in [2.45, 2.75) is 31.5 Å². The molecule has 1 saturated heterocycles. The van der Waals surface area contributed by atoms with Gasteiger partial charge in [0.15, 0.2) is 6.10 Å². The summed E-state index contributed by atoms with van der Waals surface area (Å²) in [6, 6.07) is 8.05. The second-order valence-electron chi connectivity index (χ2n) is 6.41. The summed E-state index contributed by atoms with van der Waals surface area (Å²) >= 11 is 0. The van der Waals surface area contributed by atoms with Crippen LogP contribution in [-0.2, 0) is 16.0 Å². The van der Waals surface area contributed by atoms with Crippen LogP contribution in [-0.4, -0.2) is 46.6 Å². The minimum atomic E-state index is -0.500. The van der Waals surface area contributed by atoms with Crippen LogP contribution < -0.4 is 4.74 Å². The van der Waals surface area contributed by atoms with Crippen molar-refractivity contribution in [2.24, 2.45) is 0 Å². The Morgan fingerprint density at radius 2 is 2.20 bits per heavy atom. The monoisotopic (exact) mass is 339 g/mol. The largest absolute Gasteiger partial charge is 0.471 e. The molecule has 1 amide bonds. The van der Waals surface area contributed by atoms with Gasteiger partial charge in [0, 0.05) is 18.9 Å².